The second-order valence-corrected chi connectivity index (χ2v) is 6.66. The maximum Gasteiger partial charge on any atom is 0.246 e. The van der Waals surface area contributed by atoms with Crippen molar-refractivity contribution < 1.29 is 17.9 Å². The molecule has 0 aliphatic carbocycles. The third-order valence-corrected chi connectivity index (χ3v) is 3.38. The van der Waals surface area contributed by atoms with E-state index in [2.05, 4.69) is 21.8 Å². The van der Waals surface area contributed by atoms with Gasteiger partial charge in [0.1, 0.15) is 12.4 Å². The zero-order valence-corrected chi connectivity index (χ0v) is 13.1. The van der Waals surface area contributed by atoms with Gasteiger partial charge in [-0.3, -0.25) is 4.79 Å². The van der Waals surface area contributed by atoms with Crippen molar-refractivity contribution in [1.82, 2.24) is 9.97 Å². The Morgan fingerprint density at radius 2 is 1.95 bits per heavy atom. The Balaban J connectivity index is 2.40. The highest BCUT2D eigenvalue weighted by Crippen LogP contribution is 2.01. The minimum Gasteiger partial charge on any atom is -0.368 e. The van der Waals surface area contributed by atoms with Gasteiger partial charge in [0.15, 0.2) is 0 Å². The van der Waals surface area contributed by atoms with Crippen molar-refractivity contribution >= 4 is 15.6 Å². The molecule has 0 atom stereocenters. The average molecular weight is 310 g/mol. The number of ketones is 1. The summed E-state index contributed by atoms with van der Waals surface area (Å²) in [7, 11) is -3.39. The fourth-order valence-corrected chi connectivity index (χ4v) is 1.78. The summed E-state index contributed by atoms with van der Waals surface area (Å²) < 4.78 is 27.6. The van der Waals surface area contributed by atoms with Crippen LogP contribution in [0.1, 0.15) is 25.8 Å². The van der Waals surface area contributed by atoms with Gasteiger partial charge in [-0.1, -0.05) is 25.7 Å². The summed E-state index contributed by atoms with van der Waals surface area (Å²) in [5, 5.41) is -0.225. The third-order valence-electron chi connectivity index (χ3n) is 2.50. The zero-order chi connectivity index (χ0) is 15.9. The van der Waals surface area contributed by atoms with Gasteiger partial charge >= 0.3 is 0 Å². The summed E-state index contributed by atoms with van der Waals surface area (Å²) in [6, 6.07) is 0. The number of carbonyl (C=O) groups is 1. The summed E-state index contributed by atoms with van der Waals surface area (Å²) in [4.78, 5) is 18.8. The van der Waals surface area contributed by atoms with Gasteiger partial charge in [0.05, 0.1) is 12.2 Å². The van der Waals surface area contributed by atoms with Gasteiger partial charge in [-0.2, -0.15) is 0 Å². The molecule has 0 N–H and O–H groups in total. The van der Waals surface area contributed by atoms with E-state index in [9.17, 15) is 13.2 Å². The molecule has 6 nitrogen and oxygen atoms in total. The number of Topliss-reactive ketones (excluding diaryl/α,β-unsaturated/α-hetero) is 1. The van der Waals surface area contributed by atoms with Crippen LogP contribution in [0.5, 0.6) is 0 Å². The smallest absolute Gasteiger partial charge is 0.246 e. The van der Waals surface area contributed by atoms with Gasteiger partial charge in [-0.25, -0.2) is 18.4 Å². The monoisotopic (exact) mass is 310 g/mol. The maximum atomic E-state index is 11.3. The van der Waals surface area contributed by atoms with Crippen LogP contribution in [-0.4, -0.2) is 43.6 Å². The summed E-state index contributed by atoms with van der Waals surface area (Å²) >= 11 is 0. The first-order valence-corrected chi connectivity index (χ1v) is 8.31. The van der Waals surface area contributed by atoms with E-state index in [1.54, 1.807) is 0 Å². The molecule has 0 saturated heterocycles. The molecule has 1 heterocycles. The van der Waals surface area contributed by atoms with Crippen molar-refractivity contribution in [3.05, 3.63) is 18.0 Å². The zero-order valence-electron chi connectivity index (χ0n) is 12.3. The van der Waals surface area contributed by atoms with Crippen LogP contribution in [0.2, 0.25) is 0 Å². The Morgan fingerprint density at radius 3 is 2.48 bits per heavy atom. The van der Waals surface area contributed by atoms with E-state index in [4.69, 9.17) is 4.74 Å². The standard InChI is InChI=1S/C14H18N2O4S/c1-11(2)13(17)6-8-20-7-4-5-12-9-15-14(16-10-12)21(3,18)19/h9-11H,6-8H2,1-3H3. The molecule has 1 aromatic heterocycles. The van der Waals surface area contributed by atoms with E-state index in [0.717, 1.165) is 6.26 Å². The summed E-state index contributed by atoms with van der Waals surface area (Å²) in [5.74, 6) is 5.68. The van der Waals surface area contributed by atoms with Gasteiger partial charge in [0.25, 0.3) is 0 Å². The first-order valence-electron chi connectivity index (χ1n) is 6.42. The number of hydrogen-bond acceptors (Lipinski definition) is 6. The van der Waals surface area contributed by atoms with E-state index >= 15 is 0 Å². The van der Waals surface area contributed by atoms with Crippen LogP contribution in [0.4, 0.5) is 0 Å². The second kappa shape index (κ2) is 7.86. The molecule has 0 amide bonds. The van der Waals surface area contributed by atoms with E-state index in [1.165, 1.54) is 12.4 Å². The number of ether oxygens (including phenoxy) is 1. The highest BCUT2D eigenvalue weighted by molar-refractivity contribution is 7.90. The number of sulfone groups is 1. The Bertz CT molecular complexity index is 640. The molecule has 0 saturated carbocycles. The number of rotatable bonds is 6. The largest absolute Gasteiger partial charge is 0.368 e. The fraction of sp³-hybridized carbons (Fsp3) is 0.500. The Hall–Kier alpha value is -1.78. The molecular weight excluding hydrogens is 292 g/mol. The van der Waals surface area contributed by atoms with Gasteiger partial charge in [-0.05, 0) is 0 Å². The average Bonchev–Trinajstić information content (AvgIpc) is 2.41. The highest BCUT2D eigenvalue weighted by Gasteiger charge is 2.09. The molecule has 0 fully saturated rings. The quantitative estimate of drug-likeness (QED) is 0.440. The number of hydrogen-bond donors (Lipinski definition) is 0. The molecular formula is C14H18N2O4S. The highest BCUT2D eigenvalue weighted by atomic mass is 32.2. The Kier molecular flexibility index (Phi) is 6.46. The fourth-order valence-electron chi connectivity index (χ4n) is 1.29. The van der Waals surface area contributed by atoms with Crippen molar-refractivity contribution in [2.24, 2.45) is 5.92 Å². The Morgan fingerprint density at radius 1 is 1.33 bits per heavy atom. The van der Waals surface area contributed by atoms with Crippen LogP contribution in [-0.2, 0) is 19.4 Å². The molecule has 1 aromatic rings. The third kappa shape index (κ3) is 6.47. The Labute approximate surface area is 124 Å². The first-order chi connectivity index (χ1) is 9.80. The minimum absolute atomic E-state index is 0.0187. The predicted molar refractivity (Wildman–Crippen MR) is 77.3 cm³/mol. The molecule has 0 aliphatic heterocycles. The number of nitrogens with zero attached hydrogens (tertiary/aromatic N) is 2. The van der Waals surface area contributed by atoms with Crippen molar-refractivity contribution in [1.29, 1.82) is 0 Å². The normalized spacial score (nSPS) is 11.0. The summed E-state index contributed by atoms with van der Waals surface area (Å²) in [5.41, 5.74) is 0.504. The molecule has 21 heavy (non-hydrogen) atoms. The van der Waals surface area contributed by atoms with Crippen LogP contribution in [0, 0.1) is 17.8 Å². The van der Waals surface area contributed by atoms with E-state index in [-0.39, 0.29) is 23.5 Å². The lowest BCUT2D eigenvalue weighted by molar-refractivity contribution is -0.122. The van der Waals surface area contributed by atoms with Crippen LogP contribution in [0.3, 0.4) is 0 Å². The van der Waals surface area contributed by atoms with Crippen LogP contribution in [0.15, 0.2) is 17.6 Å². The van der Waals surface area contributed by atoms with Gasteiger partial charge in [0, 0.05) is 31.0 Å². The van der Waals surface area contributed by atoms with Crippen molar-refractivity contribution in [3.8, 4) is 11.8 Å². The minimum atomic E-state index is -3.39. The van der Waals surface area contributed by atoms with E-state index < -0.39 is 9.84 Å². The van der Waals surface area contributed by atoms with E-state index in [0.29, 0.717) is 18.6 Å². The van der Waals surface area contributed by atoms with Crippen molar-refractivity contribution in [3.63, 3.8) is 0 Å². The first kappa shape index (κ1) is 17.3. The molecule has 0 spiro atoms. The lowest BCUT2D eigenvalue weighted by Crippen LogP contribution is -2.10. The lowest BCUT2D eigenvalue weighted by Gasteiger charge is -2.02. The molecule has 0 aliphatic rings. The molecule has 114 valence electrons. The molecule has 0 unspecified atom stereocenters. The summed E-state index contributed by atoms with van der Waals surface area (Å²) in [6.07, 6.45) is 4.11. The molecule has 0 aromatic carbocycles. The van der Waals surface area contributed by atoms with Gasteiger partial charge in [-0.15, -0.1) is 0 Å². The number of carbonyl (C=O) groups excluding carboxylic acids is 1. The SMILES string of the molecule is CC(C)C(=O)CCOCC#Cc1cnc(S(C)(=O)=O)nc1. The molecule has 1 rings (SSSR count). The van der Waals surface area contributed by atoms with Gasteiger partial charge in [0.2, 0.25) is 15.0 Å². The number of aromatic nitrogens is 2. The molecule has 0 bridgehead atoms. The van der Waals surface area contributed by atoms with Crippen LogP contribution < -0.4 is 0 Å². The summed E-state index contributed by atoms with van der Waals surface area (Å²) in [6.45, 7) is 4.24. The predicted octanol–water partition coefficient (Wildman–Crippen LogP) is 0.863. The van der Waals surface area contributed by atoms with Crippen molar-refractivity contribution in [2.75, 3.05) is 19.5 Å². The lowest BCUT2D eigenvalue weighted by atomic mass is 10.1. The molecule has 0 radical (unpaired) electrons. The second-order valence-electron chi connectivity index (χ2n) is 4.75. The molecule has 7 heteroatoms. The van der Waals surface area contributed by atoms with Crippen LogP contribution >= 0.6 is 0 Å². The topological polar surface area (TPSA) is 86.2 Å². The van der Waals surface area contributed by atoms with Crippen LogP contribution in [0.25, 0.3) is 0 Å². The van der Waals surface area contributed by atoms with Crippen molar-refractivity contribution in [2.45, 2.75) is 25.4 Å². The maximum absolute atomic E-state index is 11.3. The van der Waals surface area contributed by atoms with Gasteiger partial charge < -0.3 is 4.74 Å². The van der Waals surface area contributed by atoms with E-state index in [1.807, 2.05) is 13.8 Å².